The molecule has 3 nitrogen and oxygen atoms in total. The highest BCUT2D eigenvalue weighted by Gasteiger charge is 2.24. The minimum atomic E-state index is 0.182. The average molecular weight is 301 g/mol. The first kappa shape index (κ1) is 14.6. The van der Waals surface area contributed by atoms with Gasteiger partial charge in [-0.3, -0.25) is 4.79 Å². The van der Waals surface area contributed by atoms with E-state index in [2.05, 4.69) is 0 Å². The van der Waals surface area contributed by atoms with Crippen LogP contribution in [0.25, 0.3) is 0 Å². The van der Waals surface area contributed by atoms with Crippen molar-refractivity contribution < 1.29 is 4.79 Å². The van der Waals surface area contributed by atoms with E-state index in [-0.39, 0.29) is 5.91 Å². The molecule has 2 N–H and O–H groups in total. The molecule has 1 aliphatic heterocycles. The number of carbonyl (C=O) groups is 1. The number of nitrogens with zero attached hydrogens (tertiary/aromatic N) is 1. The Kier molecular flexibility index (Phi) is 5.08. The third-order valence-electron chi connectivity index (χ3n) is 3.60. The Bertz CT molecular complexity index is 465. The third-order valence-corrected chi connectivity index (χ3v) is 4.18. The molecule has 1 aromatic carbocycles. The molecule has 0 aliphatic carbocycles. The topological polar surface area (TPSA) is 46.3 Å². The molecule has 1 heterocycles. The molecule has 1 unspecified atom stereocenters. The van der Waals surface area contributed by atoms with Gasteiger partial charge in [-0.15, -0.1) is 0 Å². The molecular weight excluding hydrogens is 283 g/mol. The quantitative estimate of drug-likeness (QED) is 0.929. The van der Waals surface area contributed by atoms with Crippen molar-refractivity contribution in [2.24, 2.45) is 11.7 Å². The number of likely N-dealkylation sites (tertiary alicyclic amines) is 1. The Morgan fingerprint density at radius 1 is 1.42 bits per heavy atom. The van der Waals surface area contributed by atoms with Gasteiger partial charge < -0.3 is 10.6 Å². The lowest BCUT2D eigenvalue weighted by molar-refractivity contribution is -0.130. The van der Waals surface area contributed by atoms with Crippen LogP contribution in [0, 0.1) is 5.92 Å². The normalized spacial score (nSPS) is 18.9. The van der Waals surface area contributed by atoms with Crippen LogP contribution in [-0.4, -0.2) is 30.4 Å². The van der Waals surface area contributed by atoms with E-state index in [1.165, 1.54) is 0 Å². The number of carbonyl (C=O) groups excluding carboxylic acids is 1. The highest BCUT2D eigenvalue weighted by molar-refractivity contribution is 6.35. The number of amides is 1. The Morgan fingerprint density at radius 3 is 2.84 bits per heavy atom. The molecular formula is C14H18Cl2N2O. The van der Waals surface area contributed by atoms with Crippen molar-refractivity contribution in [3.8, 4) is 0 Å². The van der Waals surface area contributed by atoms with Crippen LogP contribution in [0.1, 0.15) is 18.4 Å². The first-order valence-electron chi connectivity index (χ1n) is 6.52. The Morgan fingerprint density at radius 2 is 2.21 bits per heavy atom. The van der Waals surface area contributed by atoms with Crippen molar-refractivity contribution in [2.75, 3.05) is 19.6 Å². The molecule has 1 saturated heterocycles. The second-order valence-electron chi connectivity index (χ2n) is 4.97. The molecule has 0 spiro atoms. The van der Waals surface area contributed by atoms with Gasteiger partial charge >= 0.3 is 0 Å². The fraction of sp³-hybridized carbons (Fsp3) is 0.500. The highest BCUT2D eigenvalue weighted by Crippen LogP contribution is 2.23. The molecule has 5 heteroatoms. The van der Waals surface area contributed by atoms with Crippen LogP contribution in [0.4, 0.5) is 0 Å². The lowest BCUT2D eigenvalue weighted by Gasteiger charge is -2.16. The van der Waals surface area contributed by atoms with Crippen LogP contribution in [0.2, 0.25) is 10.0 Å². The molecule has 1 aliphatic rings. The van der Waals surface area contributed by atoms with Crippen molar-refractivity contribution >= 4 is 29.1 Å². The molecule has 1 fully saturated rings. The second-order valence-corrected chi connectivity index (χ2v) is 5.81. The predicted molar refractivity (Wildman–Crippen MR) is 78.5 cm³/mol. The molecule has 1 aromatic rings. The number of hydrogen-bond donors (Lipinski definition) is 1. The average Bonchev–Trinajstić information content (AvgIpc) is 2.86. The SMILES string of the molecule is NCC1CCN(C(=O)CCc2ccc(Cl)cc2Cl)C1. The summed E-state index contributed by atoms with van der Waals surface area (Å²) in [5.74, 6) is 0.644. The molecule has 0 bridgehead atoms. The highest BCUT2D eigenvalue weighted by atomic mass is 35.5. The molecule has 0 saturated carbocycles. The molecule has 0 radical (unpaired) electrons. The largest absolute Gasteiger partial charge is 0.342 e. The second kappa shape index (κ2) is 6.60. The smallest absolute Gasteiger partial charge is 0.222 e. The lowest BCUT2D eigenvalue weighted by atomic mass is 10.1. The third kappa shape index (κ3) is 3.85. The van der Waals surface area contributed by atoms with Crippen LogP contribution < -0.4 is 5.73 Å². The van der Waals surface area contributed by atoms with E-state index in [9.17, 15) is 4.79 Å². The first-order valence-corrected chi connectivity index (χ1v) is 7.27. The fourth-order valence-electron chi connectivity index (χ4n) is 2.38. The molecule has 19 heavy (non-hydrogen) atoms. The number of aryl methyl sites for hydroxylation is 1. The van der Waals surface area contributed by atoms with Crippen LogP contribution in [0.3, 0.4) is 0 Å². The fourth-order valence-corrected chi connectivity index (χ4v) is 2.88. The van der Waals surface area contributed by atoms with Gasteiger partial charge in [-0.05, 0) is 43.0 Å². The molecule has 2 rings (SSSR count). The maximum absolute atomic E-state index is 12.1. The Labute approximate surface area is 123 Å². The zero-order valence-electron chi connectivity index (χ0n) is 10.7. The summed E-state index contributed by atoms with van der Waals surface area (Å²) < 4.78 is 0. The van der Waals surface area contributed by atoms with Gasteiger partial charge in [0.05, 0.1) is 0 Å². The van der Waals surface area contributed by atoms with Gasteiger partial charge in [-0.2, -0.15) is 0 Å². The zero-order chi connectivity index (χ0) is 13.8. The molecule has 1 atom stereocenters. The lowest BCUT2D eigenvalue weighted by Crippen LogP contribution is -2.30. The summed E-state index contributed by atoms with van der Waals surface area (Å²) in [7, 11) is 0. The first-order chi connectivity index (χ1) is 9.10. The van der Waals surface area contributed by atoms with Crippen molar-refractivity contribution in [3.63, 3.8) is 0 Å². The van der Waals surface area contributed by atoms with E-state index in [0.29, 0.717) is 35.3 Å². The van der Waals surface area contributed by atoms with Gasteiger partial charge in [0, 0.05) is 29.6 Å². The summed E-state index contributed by atoms with van der Waals surface area (Å²) in [6.45, 7) is 2.28. The van der Waals surface area contributed by atoms with Gasteiger partial charge in [0.25, 0.3) is 0 Å². The van der Waals surface area contributed by atoms with Gasteiger partial charge in [0.2, 0.25) is 5.91 Å². The van der Waals surface area contributed by atoms with Crippen LogP contribution in [0.5, 0.6) is 0 Å². The van der Waals surface area contributed by atoms with Crippen LogP contribution in [0.15, 0.2) is 18.2 Å². The monoisotopic (exact) mass is 300 g/mol. The minimum absolute atomic E-state index is 0.182. The summed E-state index contributed by atoms with van der Waals surface area (Å²) in [6.07, 6.45) is 2.15. The van der Waals surface area contributed by atoms with E-state index in [4.69, 9.17) is 28.9 Å². The Balaban J connectivity index is 1.87. The molecule has 1 amide bonds. The van der Waals surface area contributed by atoms with Crippen LogP contribution in [-0.2, 0) is 11.2 Å². The van der Waals surface area contributed by atoms with E-state index in [0.717, 1.165) is 25.1 Å². The van der Waals surface area contributed by atoms with E-state index in [1.807, 2.05) is 11.0 Å². The number of hydrogen-bond acceptors (Lipinski definition) is 2. The van der Waals surface area contributed by atoms with Crippen molar-refractivity contribution in [1.82, 2.24) is 4.90 Å². The number of rotatable bonds is 4. The standard InChI is InChI=1S/C14H18Cl2N2O/c15-12-3-1-11(13(16)7-12)2-4-14(19)18-6-5-10(8-17)9-18/h1,3,7,10H,2,4-6,8-9,17H2. The number of halogens is 2. The van der Waals surface area contributed by atoms with E-state index in [1.54, 1.807) is 12.1 Å². The summed E-state index contributed by atoms with van der Waals surface area (Å²) in [4.78, 5) is 14.0. The van der Waals surface area contributed by atoms with Crippen LogP contribution >= 0.6 is 23.2 Å². The number of benzene rings is 1. The summed E-state index contributed by atoms with van der Waals surface area (Å²) in [5, 5.41) is 1.24. The van der Waals surface area contributed by atoms with Crippen molar-refractivity contribution in [2.45, 2.75) is 19.3 Å². The minimum Gasteiger partial charge on any atom is -0.342 e. The molecule has 104 valence electrons. The number of nitrogens with two attached hydrogens (primary N) is 1. The van der Waals surface area contributed by atoms with Gasteiger partial charge in [0.1, 0.15) is 0 Å². The zero-order valence-corrected chi connectivity index (χ0v) is 12.3. The van der Waals surface area contributed by atoms with E-state index >= 15 is 0 Å². The van der Waals surface area contributed by atoms with Gasteiger partial charge in [-0.25, -0.2) is 0 Å². The summed E-state index contributed by atoms with van der Waals surface area (Å²) >= 11 is 11.9. The predicted octanol–water partition coefficient (Wildman–Crippen LogP) is 2.73. The summed E-state index contributed by atoms with van der Waals surface area (Å²) in [5.41, 5.74) is 6.59. The van der Waals surface area contributed by atoms with Gasteiger partial charge in [-0.1, -0.05) is 29.3 Å². The maximum Gasteiger partial charge on any atom is 0.222 e. The maximum atomic E-state index is 12.1. The van der Waals surface area contributed by atoms with E-state index < -0.39 is 0 Å². The van der Waals surface area contributed by atoms with Crippen molar-refractivity contribution in [1.29, 1.82) is 0 Å². The summed E-state index contributed by atoms with van der Waals surface area (Å²) in [6, 6.07) is 5.39. The Hall–Kier alpha value is -0.770. The van der Waals surface area contributed by atoms with Gasteiger partial charge in [0.15, 0.2) is 0 Å². The van der Waals surface area contributed by atoms with Crippen molar-refractivity contribution in [3.05, 3.63) is 33.8 Å². The molecule has 0 aromatic heterocycles.